The minimum atomic E-state index is 0.241. The zero-order valence-corrected chi connectivity index (χ0v) is 12.9. The normalized spacial score (nSPS) is 36.9. The zero-order chi connectivity index (χ0) is 14.4. The summed E-state index contributed by atoms with van der Waals surface area (Å²) in [5.74, 6) is 3.03. The summed E-state index contributed by atoms with van der Waals surface area (Å²) in [6.07, 6.45) is 8.27. The minimum Gasteiger partial charge on any atom is -0.304 e. The summed E-state index contributed by atoms with van der Waals surface area (Å²) in [6, 6.07) is 7.97. The van der Waals surface area contributed by atoms with E-state index in [2.05, 4.69) is 12.2 Å². The minimum absolute atomic E-state index is 0.241. The summed E-state index contributed by atoms with van der Waals surface area (Å²) in [5.41, 5.74) is 2.34. The second kappa shape index (κ2) is 4.95. The third-order valence-electron chi connectivity index (χ3n) is 6.04. The van der Waals surface area contributed by atoms with E-state index in [0.29, 0.717) is 6.54 Å². The van der Waals surface area contributed by atoms with E-state index in [9.17, 15) is 4.79 Å². The van der Waals surface area contributed by atoms with Gasteiger partial charge >= 0.3 is 0 Å². The fourth-order valence-electron chi connectivity index (χ4n) is 5.44. The number of Topliss-reactive ketones (excluding diaryl/α,β-unsaturated/α-hetero) is 1. The Bertz CT molecular complexity index is 510. The van der Waals surface area contributed by atoms with Crippen LogP contribution in [-0.2, 0) is 0 Å². The average Bonchev–Trinajstić information content (AvgIpc) is 2.44. The van der Waals surface area contributed by atoms with Crippen molar-refractivity contribution < 1.29 is 4.79 Å². The average molecular weight is 283 g/mol. The molecule has 0 radical (unpaired) electrons. The van der Waals surface area contributed by atoms with Crippen molar-refractivity contribution in [1.29, 1.82) is 0 Å². The van der Waals surface area contributed by atoms with Crippen LogP contribution in [0, 0.1) is 24.7 Å². The lowest BCUT2D eigenvalue weighted by atomic mass is 9.53. The van der Waals surface area contributed by atoms with Gasteiger partial charge in [-0.15, -0.1) is 0 Å². The van der Waals surface area contributed by atoms with Gasteiger partial charge in [0.05, 0.1) is 6.54 Å². The van der Waals surface area contributed by atoms with Crippen molar-refractivity contribution in [2.24, 2.45) is 17.8 Å². The molecule has 0 saturated heterocycles. The Kier molecular flexibility index (Phi) is 3.18. The van der Waals surface area contributed by atoms with Gasteiger partial charge in [-0.25, -0.2) is 0 Å². The summed E-state index contributed by atoms with van der Waals surface area (Å²) in [6.45, 7) is 2.57. The van der Waals surface area contributed by atoms with Crippen molar-refractivity contribution >= 4 is 5.78 Å². The molecule has 5 rings (SSSR count). The van der Waals surface area contributed by atoms with E-state index >= 15 is 0 Å². The maximum absolute atomic E-state index is 12.4. The molecule has 0 spiro atoms. The largest absolute Gasteiger partial charge is 0.304 e. The summed E-state index contributed by atoms with van der Waals surface area (Å²) >= 11 is 0. The number of benzene rings is 1. The molecule has 21 heavy (non-hydrogen) atoms. The van der Waals surface area contributed by atoms with Gasteiger partial charge in [0.2, 0.25) is 0 Å². The molecule has 2 nitrogen and oxygen atoms in total. The van der Waals surface area contributed by atoms with Gasteiger partial charge in [0.25, 0.3) is 0 Å². The van der Waals surface area contributed by atoms with E-state index in [1.807, 2.05) is 24.3 Å². The Morgan fingerprint density at radius 2 is 1.57 bits per heavy atom. The maximum Gasteiger partial charge on any atom is 0.176 e. The number of rotatable bonds is 4. The van der Waals surface area contributed by atoms with Crippen molar-refractivity contribution in [3.8, 4) is 0 Å². The third-order valence-corrected chi connectivity index (χ3v) is 6.04. The molecule has 112 valence electrons. The lowest BCUT2D eigenvalue weighted by Gasteiger charge is -2.57. The molecular formula is C19H25NO. The van der Waals surface area contributed by atoms with Crippen LogP contribution in [0.15, 0.2) is 24.3 Å². The second-order valence-corrected chi connectivity index (χ2v) is 7.84. The molecule has 4 bridgehead atoms. The molecule has 0 unspecified atom stereocenters. The first-order valence-corrected chi connectivity index (χ1v) is 8.47. The van der Waals surface area contributed by atoms with Gasteiger partial charge in [0, 0.05) is 11.1 Å². The molecule has 0 amide bonds. The molecular weight excluding hydrogens is 258 g/mol. The number of hydrogen-bond acceptors (Lipinski definition) is 2. The van der Waals surface area contributed by atoms with Gasteiger partial charge < -0.3 is 5.32 Å². The van der Waals surface area contributed by atoms with Crippen LogP contribution in [0.25, 0.3) is 0 Å². The number of ketones is 1. The zero-order valence-electron chi connectivity index (χ0n) is 12.9. The fourth-order valence-corrected chi connectivity index (χ4v) is 5.44. The van der Waals surface area contributed by atoms with Crippen LogP contribution in [0.5, 0.6) is 0 Å². The SMILES string of the molecule is Cc1ccc(C(=O)CNC23CC4CC(CC(C4)C2)C3)cc1. The van der Waals surface area contributed by atoms with Gasteiger partial charge in [-0.3, -0.25) is 4.79 Å². The van der Waals surface area contributed by atoms with Crippen LogP contribution < -0.4 is 5.32 Å². The molecule has 1 aromatic rings. The quantitative estimate of drug-likeness (QED) is 0.853. The molecule has 0 aliphatic heterocycles. The van der Waals surface area contributed by atoms with E-state index in [1.54, 1.807) is 0 Å². The van der Waals surface area contributed by atoms with Gasteiger partial charge in [-0.05, 0) is 63.2 Å². The predicted molar refractivity (Wildman–Crippen MR) is 84.4 cm³/mol. The topological polar surface area (TPSA) is 29.1 Å². The van der Waals surface area contributed by atoms with Crippen LogP contribution in [0.2, 0.25) is 0 Å². The first-order chi connectivity index (χ1) is 10.1. The summed E-state index contributed by atoms with van der Waals surface area (Å²) in [5, 5.41) is 3.69. The molecule has 0 atom stereocenters. The summed E-state index contributed by atoms with van der Waals surface area (Å²) in [4.78, 5) is 12.4. The van der Waals surface area contributed by atoms with Gasteiger partial charge in [0.15, 0.2) is 5.78 Å². The van der Waals surface area contributed by atoms with E-state index < -0.39 is 0 Å². The molecule has 1 N–H and O–H groups in total. The van der Waals surface area contributed by atoms with Crippen LogP contribution >= 0.6 is 0 Å². The fraction of sp³-hybridized carbons (Fsp3) is 0.632. The van der Waals surface area contributed by atoms with Crippen molar-refractivity contribution in [3.05, 3.63) is 35.4 Å². The smallest absolute Gasteiger partial charge is 0.176 e. The van der Waals surface area contributed by atoms with Gasteiger partial charge in [-0.1, -0.05) is 29.8 Å². The highest BCUT2D eigenvalue weighted by Gasteiger charge is 2.50. The molecule has 2 heteroatoms. The van der Waals surface area contributed by atoms with Crippen molar-refractivity contribution in [3.63, 3.8) is 0 Å². The monoisotopic (exact) mass is 283 g/mol. The Balaban J connectivity index is 1.42. The number of hydrogen-bond donors (Lipinski definition) is 1. The van der Waals surface area contributed by atoms with Gasteiger partial charge in [0.1, 0.15) is 0 Å². The molecule has 0 heterocycles. The Hall–Kier alpha value is -1.15. The standard InChI is InChI=1S/C19H25NO/c1-13-2-4-17(5-3-13)18(21)12-20-19-9-14-6-15(10-19)8-16(7-14)11-19/h2-5,14-16,20H,6-12H2,1H3. The highest BCUT2D eigenvalue weighted by molar-refractivity contribution is 5.97. The number of carbonyl (C=O) groups is 1. The van der Waals surface area contributed by atoms with Crippen LogP contribution in [-0.4, -0.2) is 17.9 Å². The Morgan fingerprint density at radius 1 is 1.05 bits per heavy atom. The molecule has 4 fully saturated rings. The van der Waals surface area contributed by atoms with Crippen LogP contribution in [0.3, 0.4) is 0 Å². The Labute approximate surface area is 127 Å². The molecule has 4 aliphatic carbocycles. The van der Waals surface area contributed by atoms with Crippen molar-refractivity contribution in [2.75, 3.05) is 6.54 Å². The highest BCUT2D eigenvalue weighted by atomic mass is 16.1. The van der Waals surface area contributed by atoms with Crippen molar-refractivity contribution in [2.45, 2.75) is 51.0 Å². The number of carbonyl (C=O) groups excluding carboxylic acids is 1. The lowest BCUT2D eigenvalue weighted by molar-refractivity contribution is -0.0186. The number of nitrogens with one attached hydrogen (secondary N) is 1. The van der Waals surface area contributed by atoms with E-state index in [1.165, 1.54) is 44.1 Å². The van der Waals surface area contributed by atoms with E-state index in [-0.39, 0.29) is 11.3 Å². The lowest BCUT2D eigenvalue weighted by Crippen LogP contribution is -2.59. The van der Waals surface area contributed by atoms with Crippen molar-refractivity contribution in [1.82, 2.24) is 5.32 Å². The molecule has 4 saturated carbocycles. The molecule has 0 aromatic heterocycles. The molecule has 4 aliphatic rings. The predicted octanol–water partition coefficient (Wildman–Crippen LogP) is 3.74. The second-order valence-electron chi connectivity index (χ2n) is 7.84. The maximum atomic E-state index is 12.4. The highest BCUT2D eigenvalue weighted by Crippen LogP contribution is 2.55. The van der Waals surface area contributed by atoms with Gasteiger partial charge in [-0.2, -0.15) is 0 Å². The first kappa shape index (κ1) is 13.5. The molecule has 1 aromatic carbocycles. The van der Waals surface area contributed by atoms with Crippen LogP contribution in [0.1, 0.15) is 54.4 Å². The third kappa shape index (κ3) is 2.55. The van der Waals surface area contributed by atoms with E-state index in [4.69, 9.17) is 0 Å². The first-order valence-electron chi connectivity index (χ1n) is 8.47. The Morgan fingerprint density at radius 3 is 2.10 bits per heavy atom. The summed E-state index contributed by atoms with van der Waals surface area (Å²) < 4.78 is 0. The summed E-state index contributed by atoms with van der Waals surface area (Å²) in [7, 11) is 0. The van der Waals surface area contributed by atoms with Crippen LogP contribution in [0.4, 0.5) is 0 Å². The number of aryl methyl sites for hydroxylation is 1. The van der Waals surface area contributed by atoms with E-state index in [0.717, 1.165) is 23.3 Å².